The van der Waals surface area contributed by atoms with Gasteiger partial charge in [0.25, 0.3) is 0 Å². The smallest absolute Gasteiger partial charge is 0.223 e. The predicted molar refractivity (Wildman–Crippen MR) is 95.4 cm³/mol. The Balaban J connectivity index is 1.38. The SMILES string of the molecule is O=C(NCCc1cccs1)C1CCN(Cc2ccc(F)cc2)CC1. The Labute approximate surface area is 146 Å². The zero-order valence-electron chi connectivity index (χ0n) is 13.7. The molecular formula is C19H23FN2OS. The van der Waals surface area contributed by atoms with Crippen LogP contribution < -0.4 is 5.32 Å². The number of likely N-dealkylation sites (tertiary alicyclic amines) is 1. The van der Waals surface area contributed by atoms with E-state index in [-0.39, 0.29) is 17.6 Å². The Morgan fingerprint density at radius 2 is 1.96 bits per heavy atom. The molecule has 0 radical (unpaired) electrons. The van der Waals surface area contributed by atoms with E-state index < -0.39 is 0 Å². The van der Waals surface area contributed by atoms with E-state index in [0.717, 1.165) is 51.0 Å². The highest BCUT2D eigenvalue weighted by atomic mass is 32.1. The molecule has 5 heteroatoms. The van der Waals surface area contributed by atoms with Crippen LogP contribution in [0, 0.1) is 11.7 Å². The van der Waals surface area contributed by atoms with Crippen molar-refractivity contribution in [1.82, 2.24) is 10.2 Å². The molecule has 1 fully saturated rings. The number of carbonyl (C=O) groups excluding carboxylic acids is 1. The second kappa shape index (κ2) is 8.40. The molecule has 0 aliphatic carbocycles. The number of halogens is 1. The van der Waals surface area contributed by atoms with Gasteiger partial charge in [0.05, 0.1) is 0 Å². The van der Waals surface area contributed by atoms with E-state index in [1.807, 2.05) is 18.2 Å². The van der Waals surface area contributed by atoms with Gasteiger partial charge in [0.15, 0.2) is 0 Å². The fraction of sp³-hybridized carbons (Fsp3) is 0.421. The van der Waals surface area contributed by atoms with Crippen LogP contribution in [0.3, 0.4) is 0 Å². The molecule has 3 rings (SSSR count). The molecule has 2 aromatic rings. The lowest BCUT2D eigenvalue weighted by molar-refractivity contribution is -0.126. The minimum absolute atomic E-state index is 0.123. The maximum absolute atomic E-state index is 12.9. The van der Waals surface area contributed by atoms with Crippen LogP contribution in [0.25, 0.3) is 0 Å². The fourth-order valence-corrected chi connectivity index (χ4v) is 3.82. The van der Waals surface area contributed by atoms with Gasteiger partial charge in [-0.3, -0.25) is 9.69 Å². The number of nitrogens with zero attached hydrogens (tertiary/aromatic N) is 1. The van der Waals surface area contributed by atoms with Crippen molar-refractivity contribution in [2.45, 2.75) is 25.8 Å². The van der Waals surface area contributed by atoms with E-state index in [1.165, 1.54) is 17.0 Å². The molecule has 1 aliphatic heterocycles. The van der Waals surface area contributed by atoms with Crippen LogP contribution in [-0.4, -0.2) is 30.4 Å². The molecule has 0 atom stereocenters. The fourth-order valence-electron chi connectivity index (χ4n) is 3.11. The molecule has 1 aliphatic rings. The van der Waals surface area contributed by atoms with E-state index in [4.69, 9.17) is 0 Å². The van der Waals surface area contributed by atoms with Gasteiger partial charge in [0.2, 0.25) is 5.91 Å². The third-order valence-corrected chi connectivity index (χ3v) is 5.46. The van der Waals surface area contributed by atoms with Gasteiger partial charge in [-0.15, -0.1) is 11.3 Å². The van der Waals surface area contributed by atoms with Crippen LogP contribution in [0.2, 0.25) is 0 Å². The summed E-state index contributed by atoms with van der Waals surface area (Å²) in [6, 6.07) is 10.8. The number of nitrogens with one attached hydrogen (secondary N) is 1. The van der Waals surface area contributed by atoms with Gasteiger partial charge in [0, 0.05) is 23.9 Å². The predicted octanol–water partition coefficient (Wildman–Crippen LogP) is 3.46. The summed E-state index contributed by atoms with van der Waals surface area (Å²) in [5, 5.41) is 5.13. The lowest BCUT2D eigenvalue weighted by Gasteiger charge is -2.31. The van der Waals surface area contributed by atoms with Gasteiger partial charge in [-0.05, 0) is 61.5 Å². The zero-order chi connectivity index (χ0) is 16.8. The Morgan fingerprint density at radius 1 is 1.21 bits per heavy atom. The molecule has 1 aromatic carbocycles. The highest BCUT2D eigenvalue weighted by Gasteiger charge is 2.24. The van der Waals surface area contributed by atoms with Crippen molar-refractivity contribution >= 4 is 17.2 Å². The van der Waals surface area contributed by atoms with Crippen molar-refractivity contribution in [2.24, 2.45) is 5.92 Å². The first-order valence-corrected chi connectivity index (χ1v) is 9.35. The number of hydrogen-bond acceptors (Lipinski definition) is 3. The molecule has 3 nitrogen and oxygen atoms in total. The quantitative estimate of drug-likeness (QED) is 0.869. The topological polar surface area (TPSA) is 32.3 Å². The van der Waals surface area contributed by atoms with Crippen molar-refractivity contribution in [3.05, 3.63) is 58.0 Å². The lowest BCUT2D eigenvalue weighted by atomic mass is 9.95. The normalized spacial score (nSPS) is 16.2. The summed E-state index contributed by atoms with van der Waals surface area (Å²) >= 11 is 1.73. The summed E-state index contributed by atoms with van der Waals surface area (Å²) < 4.78 is 12.9. The number of benzene rings is 1. The monoisotopic (exact) mass is 346 g/mol. The maximum Gasteiger partial charge on any atom is 0.223 e. The molecule has 1 amide bonds. The number of rotatable bonds is 6. The van der Waals surface area contributed by atoms with Gasteiger partial charge in [-0.25, -0.2) is 4.39 Å². The molecule has 1 N–H and O–H groups in total. The standard InChI is InChI=1S/C19H23FN2OS/c20-17-5-3-15(4-6-17)14-22-11-8-16(9-12-22)19(23)21-10-7-18-2-1-13-24-18/h1-6,13,16H,7-12,14H2,(H,21,23). The second-order valence-electron chi connectivity index (χ2n) is 6.30. The molecular weight excluding hydrogens is 323 g/mol. The van der Waals surface area contributed by atoms with Crippen LogP contribution in [0.1, 0.15) is 23.3 Å². The van der Waals surface area contributed by atoms with Gasteiger partial charge in [-0.1, -0.05) is 18.2 Å². The third-order valence-electron chi connectivity index (χ3n) is 4.53. The minimum Gasteiger partial charge on any atom is -0.355 e. The van der Waals surface area contributed by atoms with Crippen molar-refractivity contribution in [3.8, 4) is 0 Å². The number of thiophene rings is 1. The zero-order valence-corrected chi connectivity index (χ0v) is 14.5. The first-order valence-electron chi connectivity index (χ1n) is 8.47. The summed E-state index contributed by atoms with van der Waals surface area (Å²) in [7, 11) is 0. The number of carbonyl (C=O) groups is 1. The Hall–Kier alpha value is -1.72. The van der Waals surface area contributed by atoms with Crippen LogP contribution in [0.4, 0.5) is 4.39 Å². The minimum atomic E-state index is -0.198. The molecule has 128 valence electrons. The average Bonchev–Trinajstić information content (AvgIpc) is 3.11. The second-order valence-corrected chi connectivity index (χ2v) is 7.33. The van der Waals surface area contributed by atoms with Gasteiger partial charge in [-0.2, -0.15) is 0 Å². The summed E-state index contributed by atoms with van der Waals surface area (Å²) in [4.78, 5) is 15.9. The van der Waals surface area contributed by atoms with Crippen molar-refractivity contribution in [3.63, 3.8) is 0 Å². The molecule has 2 heterocycles. The molecule has 1 saturated heterocycles. The largest absolute Gasteiger partial charge is 0.355 e. The van der Waals surface area contributed by atoms with E-state index >= 15 is 0 Å². The summed E-state index contributed by atoms with van der Waals surface area (Å²) in [6.45, 7) is 3.38. The van der Waals surface area contributed by atoms with Crippen LogP contribution >= 0.6 is 11.3 Å². The maximum atomic E-state index is 12.9. The lowest BCUT2D eigenvalue weighted by Crippen LogP contribution is -2.40. The molecule has 0 spiro atoms. The Morgan fingerprint density at radius 3 is 2.62 bits per heavy atom. The third kappa shape index (κ3) is 4.89. The van der Waals surface area contributed by atoms with Gasteiger partial charge >= 0.3 is 0 Å². The van der Waals surface area contributed by atoms with Crippen molar-refractivity contribution in [2.75, 3.05) is 19.6 Å². The first-order chi connectivity index (χ1) is 11.7. The molecule has 1 aromatic heterocycles. The van der Waals surface area contributed by atoms with E-state index in [1.54, 1.807) is 11.3 Å². The molecule has 0 saturated carbocycles. The summed E-state index contributed by atoms with van der Waals surface area (Å²) in [5.74, 6) is 0.113. The molecule has 24 heavy (non-hydrogen) atoms. The highest BCUT2D eigenvalue weighted by molar-refractivity contribution is 7.09. The Kier molecular flexibility index (Phi) is 5.99. The van der Waals surface area contributed by atoms with Crippen LogP contribution in [0.5, 0.6) is 0 Å². The average molecular weight is 346 g/mol. The number of amides is 1. The number of piperidine rings is 1. The van der Waals surface area contributed by atoms with Gasteiger partial charge in [0.1, 0.15) is 5.82 Å². The van der Waals surface area contributed by atoms with E-state index in [2.05, 4.69) is 21.7 Å². The molecule has 0 unspecified atom stereocenters. The van der Waals surface area contributed by atoms with Crippen molar-refractivity contribution in [1.29, 1.82) is 0 Å². The van der Waals surface area contributed by atoms with E-state index in [0.29, 0.717) is 0 Å². The summed E-state index contributed by atoms with van der Waals surface area (Å²) in [6.07, 6.45) is 2.70. The molecule has 0 bridgehead atoms. The number of hydrogen-bond donors (Lipinski definition) is 1. The Bertz CT molecular complexity index is 634. The van der Waals surface area contributed by atoms with Crippen molar-refractivity contribution < 1.29 is 9.18 Å². The van der Waals surface area contributed by atoms with Crippen LogP contribution in [0.15, 0.2) is 41.8 Å². The first kappa shape index (κ1) is 17.1. The van der Waals surface area contributed by atoms with Gasteiger partial charge < -0.3 is 5.32 Å². The van der Waals surface area contributed by atoms with Crippen LogP contribution in [-0.2, 0) is 17.8 Å². The highest BCUT2D eigenvalue weighted by Crippen LogP contribution is 2.19. The summed E-state index contributed by atoms with van der Waals surface area (Å²) in [5.41, 5.74) is 1.12. The van der Waals surface area contributed by atoms with E-state index in [9.17, 15) is 9.18 Å².